The molecule has 4 aliphatic rings. The second-order valence-electron chi connectivity index (χ2n) is 12.8. The molecule has 2 N–H and O–H groups in total. The number of ketones is 1. The van der Waals surface area contributed by atoms with Gasteiger partial charge in [-0.3, -0.25) is 4.79 Å². The molecular formula is C28H44N2O3. The molecule has 33 heavy (non-hydrogen) atoms. The van der Waals surface area contributed by atoms with Crippen LogP contribution in [0.15, 0.2) is 16.8 Å². The van der Waals surface area contributed by atoms with Gasteiger partial charge in [0.1, 0.15) is 11.8 Å². The van der Waals surface area contributed by atoms with Gasteiger partial charge in [0.05, 0.1) is 5.71 Å². The van der Waals surface area contributed by atoms with Crippen LogP contribution in [-0.2, 0) is 14.4 Å². The standard InChI is InChI=1S/C28H44N2O3/c1-17(2)23(29)24(32)33-30-20-10-12-25(4)19(16-20)8-9-22-27(6)13-11-21(18(3)31)26(27,5)14-15-28(22,25)7/h16-17,21-23H,8-15,29H2,1-7H3/b30-20+/t21-,22+,23+,25+,26-,27+,28+/m1/s1. The van der Waals surface area contributed by atoms with Gasteiger partial charge in [-0.1, -0.05) is 52.3 Å². The van der Waals surface area contributed by atoms with Gasteiger partial charge in [0, 0.05) is 5.92 Å². The summed E-state index contributed by atoms with van der Waals surface area (Å²) in [5.74, 6) is 0.792. The van der Waals surface area contributed by atoms with Gasteiger partial charge in [-0.05, 0) is 97.9 Å². The average molecular weight is 457 g/mol. The minimum Gasteiger partial charge on any atom is -0.318 e. The molecule has 184 valence electrons. The molecule has 3 fully saturated rings. The third kappa shape index (κ3) is 3.39. The molecule has 0 amide bonds. The number of nitrogens with zero attached hydrogens (tertiary/aromatic N) is 1. The lowest BCUT2D eigenvalue weighted by molar-refractivity contribution is -0.168. The molecule has 4 rings (SSSR count). The van der Waals surface area contributed by atoms with Gasteiger partial charge in [-0.2, -0.15) is 0 Å². The van der Waals surface area contributed by atoms with E-state index in [1.54, 1.807) is 6.92 Å². The first-order chi connectivity index (χ1) is 15.3. The fraction of sp³-hybridized carbons (Fsp3) is 0.821. The molecular weight excluding hydrogens is 412 g/mol. The summed E-state index contributed by atoms with van der Waals surface area (Å²) in [6.45, 7) is 15.5. The number of hydrogen-bond acceptors (Lipinski definition) is 5. The van der Waals surface area contributed by atoms with E-state index in [2.05, 4.69) is 38.9 Å². The average Bonchev–Trinajstić information content (AvgIpc) is 3.03. The Morgan fingerprint density at radius 1 is 1.00 bits per heavy atom. The van der Waals surface area contributed by atoms with Crippen LogP contribution in [0.4, 0.5) is 0 Å². The minimum atomic E-state index is -0.646. The molecule has 5 nitrogen and oxygen atoms in total. The summed E-state index contributed by atoms with van der Waals surface area (Å²) in [5, 5.41) is 4.22. The predicted molar refractivity (Wildman–Crippen MR) is 131 cm³/mol. The lowest BCUT2D eigenvalue weighted by Crippen LogP contribution is -2.61. The normalized spacial score (nSPS) is 44.5. The molecule has 3 saturated carbocycles. The summed E-state index contributed by atoms with van der Waals surface area (Å²) >= 11 is 0. The predicted octanol–water partition coefficient (Wildman–Crippen LogP) is 5.82. The zero-order valence-electron chi connectivity index (χ0n) is 21.8. The van der Waals surface area contributed by atoms with Crippen molar-refractivity contribution in [1.29, 1.82) is 0 Å². The van der Waals surface area contributed by atoms with E-state index in [0.29, 0.717) is 11.7 Å². The zero-order chi connectivity index (χ0) is 24.4. The molecule has 5 heteroatoms. The zero-order valence-corrected chi connectivity index (χ0v) is 21.8. The Morgan fingerprint density at radius 3 is 2.30 bits per heavy atom. The van der Waals surface area contributed by atoms with Gasteiger partial charge < -0.3 is 10.6 Å². The fourth-order valence-electron chi connectivity index (χ4n) is 8.60. The second kappa shape index (κ2) is 8.03. The van der Waals surface area contributed by atoms with Crippen molar-refractivity contribution in [1.82, 2.24) is 0 Å². The maximum atomic E-state index is 12.5. The molecule has 0 radical (unpaired) electrons. The topological polar surface area (TPSA) is 81.8 Å². The summed E-state index contributed by atoms with van der Waals surface area (Å²) < 4.78 is 0. The summed E-state index contributed by atoms with van der Waals surface area (Å²) in [7, 11) is 0. The van der Waals surface area contributed by atoms with Gasteiger partial charge in [-0.15, -0.1) is 0 Å². The highest BCUT2D eigenvalue weighted by Gasteiger charge is 2.69. The van der Waals surface area contributed by atoms with Crippen LogP contribution in [0.3, 0.4) is 0 Å². The largest absolute Gasteiger partial charge is 0.351 e. The maximum absolute atomic E-state index is 12.5. The van der Waals surface area contributed by atoms with Crippen molar-refractivity contribution in [3.63, 3.8) is 0 Å². The van der Waals surface area contributed by atoms with Crippen molar-refractivity contribution in [2.75, 3.05) is 0 Å². The summed E-state index contributed by atoms with van der Waals surface area (Å²) in [6.07, 6.45) is 10.8. The van der Waals surface area contributed by atoms with Crippen LogP contribution in [0.2, 0.25) is 0 Å². The van der Waals surface area contributed by atoms with Gasteiger partial charge in [0.2, 0.25) is 0 Å². The molecule has 4 aliphatic carbocycles. The highest BCUT2D eigenvalue weighted by atomic mass is 16.7. The van der Waals surface area contributed by atoms with E-state index in [9.17, 15) is 9.59 Å². The molecule has 0 bridgehead atoms. The van der Waals surface area contributed by atoms with Crippen molar-refractivity contribution < 1.29 is 14.4 Å². The number of rotatable bonds is 4. The number of Topliss-reactive ketones (excluding diaryl/α,β-unsaturated/α-hetero) is 1. The van der Waals surface area contributed by atoms with E-state index >= 15 is 0 Å². The fourth-order valence-corrected chi connectivity index (χ4v) is 8.60. The molecule has 0 aromatic rings. The first-order valence-corrected chi connectivity index (χ1v) is 13.0. The van der Waals surface area contributed by atoms with Crippen LogP contribution in [0.25, 0.3) is 0 Å². The van der Waals surface area contributed by atoms with Crippen LogP contribution in [-0.4, -0.2) is 23.5 Å². The summed E-state index contributed by atoms with van der Waals surface area (Å²) in [5.41, 5.74) is 8.88. The highest BCUT2D eigenvalue weighted by Crippen LogP contribution is 2.76. The van der Waals surface area contributed by atoms with E-state index in [1.165, 1.54) is 24.8 Å². The Labute approximate surface area is 200 Å². The molecule has 0 unspecified atom stereocenters. The van der Waals surface area contributed by atoms with Gasteiger partial charge in [0.15, 0.2) is 0 Å². The lowest BCUT2D eigenvalue weighted by atomic mass is 9.36. The lowest BCUT2D eigenvalue weighted by Gasteiger charge is -2.68. The molecule has 0 saturated heterocycles. The van der Waals surface area contributed by atoms with Crippen LogP contribution >= 0.6 is 0 Å². The van der Waals surface area contributed by atoms with E-state index < -0.39 is 12.0 Å². The number of oxime groups is 1. The Morgan fingerprint density at radius 2 is 1.67 bits per heavy atom. The van der Waals surface area contributed by atoms with Gasteiger partial charge >= 0.3 is 5.97 Å². The summed E-state index contributed by atoms with van der Waals surface area (Å²) in [4.78, 5) is 29.9. The van der Waals surface area contributed by atoms with E-state index in [1.807, 2.05) is 13.8 Å². The van der Waals surface area contributed by atoms with Crippen LogP contribution in [0.1, 0.15) is 99.8 Å². The molecule has 0 heterocycles. The second-order valence-corrected chi connectivity index (χ2v) is 12.8. The monoisotopic (exact) mass is 456 g/mol. The number of carbonyl (C=O) groups is 2. The molecule has 0 aliphatic heterocycles. The molecule has 0 aromatic heterocycles. The summed E-state index contributed by atoms with van der Waals surface area (Å²) in [6, 6.07) is -0.646. The Kier molecular flexibility index (Phi) is 6.00. The number of nitrogens with two attached hydrogens (primary N) is 1. The Hall–Kier alpha value is -1.49. The quantitative estimate of drug-likeness (QED) is 0.427. The van der Waals surface area contributed by atoms with Crippen molar-refractivity contribution >= 4 is 17.5 Å². The van der Waals surface area contributed by atoms with Crippen molar-refractivity contribution in [3.05, 3.63) is 11.6 Å². The molecule has 0 spiro atoms. The van der Waals surface area contributed by atoms with E-state index in [0.717, 1.165) is 37.8 Å². The van der Waals surface area contributed by atoms with Crippen LogP contribution in [0, 0.1) is 39.4 Å². The smallest absolute Gasteiger partial charge is 0.318 e. The third-order valence-corrected chi connectivity index (χ3v) is 11.4. The first kappa shape index (κ1) is 24.6. The maximum Gasteiger partial charge on any atom is 0.351 e. The van der Waals surface area contributed by atoms with E-state index in [-0.39, 0.29) is 33.5 Å². The Bertz CT molecular complexity index is 907. The van der Waals surface area contributed by atoms with Gasteiger partial charge in [0.25, 0.3) is 0 Å². The van der Waals surface area contributed by atoms with Crippen molar-refractivity contribution in [2.24, 2.45) is 50.3 Å². The van der Waals surface area contributed by atoms with Crippen LogP contribution in [0.5, 0.6) is 0 Å². The molecule has 0 aromatic carbocycles. The minimum absolute atomic E-state index is 0.0254. The Balaban J connectivity index is 1.61. The van der Waals surface area contributed by atoms with Crippen LogP contribution < -0.4 is 5.73 Å². The third-order valence-electron chi connectivity index (χ3n) is 11.4. The highest BCUT2D eigenvalue weighted by molar-refractivity contribution is 5.97. The number of allylic oxidation sites excluding steroid dienone is 2. The van der Waals surface area contributed by atoms with E-state index in [4.69, 9.17) is 10.6 Å². The SMILES string of the molecule is CC(=O)[C@H]1CC[C@@]2(C)[C@@H]3CCC4=C/C(=N/OC(=O)[C@@H](N)C(C)C)CC[C@]4(C)[C@@]3(C)CC[C@]12C. The van der Waals surface area contributed by atoms with Crippen molar-refractivity contribution in [3.8, 4) is 0 Å². The number of carbonyl (C=O) groups excluding carboxylic acids is 2. The number of fused-ring (bicyclic) bond motifs is 5. The first-order valence-electron chi connectivity index (χ1n) is 13.0. The molecule has 7 atom stereocenters. The van der Waals surface area contributed by atoms with Gasteiger partial charge in [-0.25, -0.2) is 4.79 Å². The number of hydrogen-bond donors (Lipinski definition) is 1. The van der Waals surface area contributed by atoms with Crippen molar-refractivity contribution in [2.45, 2.75) is 106 Å².